The third kappa shape index (κ3) is 4.31. The van der Waals surface area contributed by atoms with Gasteiger partial charge in [0.1, 0.15) is 5.82 Å². The van der Waals surface area contributed by atoms with E-state index >= 15 is 0 Å². The van der Waals surface area contributed by atoms with E-state index in [4.69, 9.17) is 11.6 Å². The van der Waals surface area contributed by atoms with Crippen LogP contribution in [0.2, 0.25) is 0 Å². The van der Waals surface area contributed by atoms with Crippen molar-refractivity contribution in [3.63, 3.8) is 0 Å². The highest BCUT2D eigenvalue weighted by Crippen LogP contribution is 2.20. The molecule has 0 unspecified atom stereocenters. The fourth-order valence-electron chi connectivity index (χ4n) is 2.51. The summed E-state index contributed by atoms with van der Waals surface area (Å²) in [4.78, 5) is 6.82. The first-order valence-electron chi connectivity index (χ1n) is 7.20. The average molecular weight is 332 g/mol. The maximum absolute atomic E-state index is 11.5. The molecule has 0 saturated carbocycles. The van der Waals surface area contributed by atoms with E-state index in [1.54, 1.807) is 0 Å². The Bertz CT molecular complexity index is 584. The van der Waals surface area contributed by atoms with Crippen LogP contribution < -0.4 is 4.90 Å². The van der Waals surface area contributed by atoms with Crippen LogP contribution in [0.25, 0.3) is 0 Å². The molecule has 2 rings (SSSR count). The molecule has 0 N–H and O–H groups in total. The van der Waals surface area contributed by atoms with Crippen LogP contribution in [0.3, 0.4) is 0 Å². The monoisotopic (exact) mass is 331 g/mol. The van der Waals surface area contributed by atoms with Crippen molar-refractivity contribution in [1.82, 2.24) is 9.29 Å². The Kier molecular flexibility index (Phi) is 5.46. The molecule has 0 bridgehead atoms. The minimum absolute atomic E-state index is 0.468. The second kappa shape index (κ2) is 6.94. The van der Waals surface area contributed by atoms with Gasteiger partial charge in [0.25, 0.3) is 0 Å². The summed E-state index contributed by atoms with van der Waals surface area (Å²) in [5.41, 5.74) is 2.12. The maximum Gasteiger partial charge on any atom is 0.211 e. The van der Waals surface area contributed by atoms with Gasteiger partial charge < -0.3 is 4.90 Å². The quantitative estimate of drug-likeness (QED) is 0.773. The normalized spacial score (nSPS) is 17.2. The molecule has 1 aliphatic rings. The lowest BCUT2D eigenvalue weighted by molar-refractivity contribution is 0.387. The number of pyridine rings is 1. The van der Waals surface area contributed by atoms with Gasteiger partial charge >= 0.3 is 0 Å². The van der Waals surface area contributed by atoms with Gasteiger partial charge in [0.05, 0.1) is 6.26 Å². The van der Waals surface area contributed by atoms with Crippen LogP contribution >= 0.6 is 11.6 Å². The second-order valence-corrected chi connectivity index (χ2v) is 7.61. The van der Waals surface area contributed by atoms with Crippen LogP contribution in [0.4, 0.5) is 5.82 Å². The predicted octanol–water partition coefficient (Wildman–Crippen LogP) is 1.85. The smallest absolute Gasteiger partial charge is 0.211 e. The van der Waals surface area contributed by atoms with Gasteiger partial charge in [0.15, 0.2) is 0 Å². The number of hydrogen-bond acceptors (Lipinski definition) is 4. The van der Waals surface area contributed by atoms with Crippen molar-refractivity contribution in [1.29, 1.82) is 0 Å². The van der Waals surface area contributed by atoms with Gasteiger partial charge in [0.2, 0.25) is 10.0 Å². The zero-order valence-corrected chi connectivity index (χ0v) is 14.1. The van der Waals surface area contributed by atoms with E-state index in [0.717, 1.165) is 29.9 Å². The predicted molar refractivity (Wildman–Crippen MR) is 86.4 cm³/mol. The van der Waals surface area contributed by atoms with Crippen molar-refractivity contribution in [2.75, 3.05) is 37.3 Å². The van der Waals surface area contributed by atoms with Crippen molar-refractivity contribution in [2.24, 2.45) is 0 Å². The Labute approximate surface area is 132 Å². The Morgan fingerprint density at radius 1 is 1.24 bits per heavy atom. The van der Waals surface area contributed by atoms with E-state index in [2.05, 4.69) is 16.8 Å². The summed E-state index contributed by atoms with van der Waals surface area (Å²) in [6.45, 7) is 4.47. The number of nitrogens with zero attached hydrogens (tertiary/aromatic N) is 3. The summed E-state index contributed by atoms with van der Waals surface area (Å²) in [6, 6.07) is 4.05. The molecule has 2 heterocycles. The molecule has 7 heteroatoms. The molecule has 118 valence electrons. The van der Waals surface area contributed by atoms with Gasteiger partial charge in [-0.3, -0.25) is 0 Å². The van der Waals surface area contributed by atoms with Crippen molar-refractivity contribution >= 4 is 27.4 Å². The number of alkyl halides is 1. The molecular formula is C14H22ClN3O2S. The van der Waals surface area contributed by atoms with E-state index in [1.807, 2.05) is 12.1 Å². The Balaban J connectivity index is 2.14. The lowest BCUT2D eigenvalue weighted by atomic mass is 10.1. The molecule has 0 amide bonds. The number of aromatic nitrogens is 1. The first-order chi connectivity index (χ1) is 9.94. The first-order valence-corrected chi connectivity index (χ1v) is 9.58. The Morgan fingerprint density at radius 2 is 1.90 bits per heavy atom. The van der Waals surface area contributed by atoms with Crippen LogP contribution in [-0.4, -0.2) is 50.1 Å². The zero-order chi connectivity index (χ0) is 15.5. The van der Waals surface area contributed by atoms with Crippen LogP contribution in [0.1, 0.15) is 24.6 Å². The summed E-state index contributed by atoms with van der Waals surface area (Å²) < 4.78 is 24.6. The van der Waals surface area contributed by atoms with Crippen molar-refractivity contribution < 1.29 is 8.42 Å². The number of piperazine rings is 1. The van der Waals surface area contributed by atoms with E-state index in [9.17, 15) is 8.42 Å². The van der Waals surface area contributed by atoms with Gasteiger partial charge in [-0.05, 0) is 24.1 Å². The van der Waals surface area contributed by atoms with Crippen LogP contribution in [0.5, 0.6) is 0 Å². The number of rotatable bonds is 5. The summed E-state index contributed by atoms with van der Waals surface area (Å²) in [5.74, 6) is 1.37. The number of anilines is 1. The SMILES string of the molecule is CCCc1cc(CCl)cc(N2CCN(S(C)(=O)=O)CC2)n1. The minimum atomic E-state index is -3.10. The molecule has 0 aliphatic carbocycles. The highest BCUT2D eigenvalue weighted by molar-refractivity contribution is 7.88. The van der Waals surface area contributed by atoms with Gasteiger partial charge in [-0.15, -0.1) is 11.6 Å². The van der Waals surface area contributed by atoms with E-state index in [1.165, 1.54) is 10.6 Å². The number of hydrogen-bond donors (Lipinski definition) is 0. The number of sulfonamides is 1. The molecule has 0 atom stereocenters. The van der Waals surface area contributed by atoms with Crippen LogP contribution in [0.15, 0.2) is 12.1 Å². The lowest BCUT2D eigenvalue weighted by Gasteiger charge is -2.34. The van der Waals surface area contributed by atoms with Crippen LogP contribution in [0, 0.1) is 0 Å². The standard InChI is InChI=1S/C14H22ClN3O2S/c1-3-4-13-9-12(11-15)10-14(16-13)17-5-7-18(8-6-17)21(2,19)20/h9-10H,3-8,11H2,1-2H3. The fourth-order valence-corrected chi connectivity index (χ4v) is 3.49. The van der Waals surface area contributed by atoms with E-state index < -0.39 is 10.0 Å². The number of halogens is 1. The summed E-state index contributed by atoms with van der Waals surface area (Å²) in [5, 5.41) is 0. The molecule has 0 aromatic carbocycles. The second-order valence-electron chi connectivity index (χ2n) is 5.36. The molecular weight excluding hydrogens is 310 g/mol. The third-order valence-corrected chi connectivity index (χ3v) is 5.23. The average Bonchev–Trinajstić information content (AvgIpc) is 2.46. The van der Waals surface area contributed by atoms with Crippen molar-refractivity contribution in [3.8, 4) is 0 Å². The summed E-state index contributed by atoms with van der Waals surface area (Å²) in [6.07, 6.45) is 3.23. The van der Waals surface area contributed by atoms with Gasteiger partial charge in [-0.1, -0.05) is 13.3 Å². The highest BCUT2D eigenvalue weighted by Gasteiger charge is 2.24. The fraction of sp³-hybridized carbons (Fsp3) is 0.643. The third-order valence-electron chi connectivity index (χ3n) is 3.62. The minimum Gasteiger partial charge on any atom is -0.354 e. The molecule has 1 saturated heterocycles. The first kappa shape index (κ1) is 16.5. The molecule has 0 spiro atoms. The molecule has 21 heavy (non-hydrogen) atoms. The summed E-state index contributed by atoms with van der Waals surface area (Å²) >= 11 is 5.96. The Hall–Kier alpha value is -0.850. The molecule has 1 aromatic heterocycles. The van der Waals surface area contributed by atoms with Crippen molar-refractivity contribution in [2.45, 2.75) is 25.6 Å². The summed E-state index contributed by atoms with van der Waals surface area (Å²) in [7, 11) is -3.10. The molecule has 1 fully saturated rings. The topological polar surface area (TPSA) is 53.5 Å². The Morgan fingerprint density at radius 3 is 2.43 bits per heavy atom. The highest BCUT2D eigenvalue weighted by atomic mass is 35.5. The lowest BCUT2D eigenvalue weighted by Crippen LogP contribution is -2.48. The van der Waals surface area contributed by atoms with Crippen LogP contribution in [-0.2, 0) is 22.3 Å². The molecule has 1 aliphatic heterocycles. The molecule has 1 aromatic rings. The van der Waals surface area contributed by atoms with Gasteiger partial charge in [0, 0.05) is 37.8 Å². The maximum atomic E-state index is 11.5. The number of aryl methyl sites for hydroxylation is 1. The van der Waals surface area contributed by atoms with Crippen molar-refractivity contribution in [3.05, 3.63) is 23.4 Å². The van der Waals surface area contributed by atoms with E-state index in [0.29, 0.717) is 32.1 Å². The zero-order valence-electron chi connectivity index (χ0n) is 12.5. The largest absolute Gasteiger partial charge is 0.354 e. The van der Waals surface area contributed by atoms with Gasteiger partial charge in [-0.2, -0.15) is 4.31 Å². The van der Waals surface area contributed by atoms with E-state index in [-0.39, 0.29) is 0 Å². The molecule has 0 radical (unpaired) electrons. The molecule has 5 nitrogen and oxygen atoms in total. The van der Waals surface area contributed by atoms with Gasteiger partial charge in [-0.25, -0.2) is 13.4 Å².